The monoisotopic (exact) mass is 254 g/mol. The number of carbonyl (C=O) groups excluding carboxylic acids is 1. The summed E-state index contributed by atoms with van der Waals surface area (Å²) in [6.07, 6.45) is 1.32. The van der Waals surface area contributed by atoms with Crippen molar-refractivity contribution < 1.29 is 9.18 Å². The Labute approximate surface area is 105 Å². The minimum atomic E-state index is -0.310. The van der Waals surface area contributed by atoms with E-state index >= 15 is 0 Å². The first kappa shape index (κ1) is 13.6. The molecule has 0 aliphatic carbocycles. The fourth-order valence-electron chi connectivity index (χ4n) is 1.35. The Morgan fingerprint density at radius 1 is 1.53 bits per heavy atom. The van der Waals surface area contributed by atoms with E-state index in [1.807, 2.05) is 0 Å². The van der Waals surface area contributed by atoms with E-state index in [1.165, 1.54) is 18.2 Å². The topological polar surface area (TPSA) is 55.1 Å². The normalized spacial score (nSPS) is 10.0. The van der Waals surface area contributed by atoms with Gasteiger partial charge in [-0.2, -0.15) is 0 Å². The number of aryl methyl sites for hydroxylation is 1. The van der Waals surface area contributed by atoms with E-state index < -0.39 is 0 Å². The highest BCUT2D eigenvalue weighted by Gasteiger charge is 2.06. The first-order valence-corrected chi connectivity index (χ1v) is 5.74. The molecule has 1 amide bonds. The van der Waals surface area contributed by atoms with Gasteiger partial charge in [-0.25, -0.2) is 4.39 Å². The van der Waals surface area contributed by atoms with Gasteiger partial charge in [-0.3, -0.25) is 4.79 Å². The standard InChI is InChI=1S/C12H15FN2OS/c1-8-7-9(4-5-10(8)13)12(16)15-6-2-3-11(14)17/h4-5,7H,2-3,6H2,1H3,(H2,14,17)(H,15,16). The van der Waals surface area contributed by atoms with Gasteiger partial charge in [0.2, 0.25) is 0 Å². The Morgan fingerprint density at radius 2 is 2.24 bits per heavy atom. The lowest BCUT2D eigenvalue weighted by Crippen LogP contribution is -2.25. The van der Waals surface area contributed by atoms with Gasteiger partial charge in [-0.05, 0) is 43.5 Å². The van der Waals surface area contributed by atoms with Crippen LogP contribution in [0, 0.1) is 12.7 Å². The van der Waals surface area contributed by atoms with Gasteiger partial charge >= 0.3 is 0 Å². The maximum absolute atomic E-state index is 13.0. The van der Waals surface area contributed by atoms with Crippen molar-refractivity contribution >= 4 is 23.1 Å². The van der Waals surface area contributed by atoms with Crippen molar-refractivity contribution in [2.24, 2.45) is 5.73 Å². The molecule has 0 saturated heterocycles. The smallest absolute Gasteiger partial charge is 0.251 e. The van der Waals surface area contributed by atoms with E-state index in [9.17, 15) is 9.18 Å². The largest absolute Gasteiger partial charge is 0.393 e. The summed E-state index contributed by atoms with van der Waals surface area (Å²) in [6.45, 7) is 2.13. The average molecular weight is 254 g/mol. The third-order valence-electron chi connectivity index (χ3n) is 2.31. The van der Waals surface area contributed by atoms with Crippen molar-refractivity contribution in [3.8, 4) is 0 Å². The van der Waals surface area contributed by atoms with Gasteiger partial charge < -0.3 is 11.1 Å². The molecule has 0 aliphatic heterocycles. The highest BCUT2D eigenvalue weighted by molar-refractivity contribution is 7.80. The highest BCUT2D eigenvalue weighted by atomic mass is 32.1. The first-order valence-electron chi connectivity index (χ1n) is 5.33. The quantitative estimate of drug-likeness (QED) is 0.623. The fraction of sp³-hybridized carbons (Fsp3) is 0.333. The summed E-state index contributed by atoms with van der Waals surface area (Å²) in [5.74, 6) is -0.522. The van der Waals surface area contributed by atoms with Crippen LogP contribution in [0.5, 0.6) is 0 Å². The number of amides is 1. The van der Waals surface area contributed by atoms with Gasteiger partial charge in [0, 0.05) is 12.1 Å². The molecule has 92 valence electrons. The van der Waals surface area contributed by atoms with Crippen LogP contribution in [0.4, 0.5) is 4.39 Å². The third kappa shape index (κ3) is 4.48. The maximum atomic E-state index is 13.0. The van der Waals surface area contributed by atoms with E-state index in [2.05, 4.69) is 5.32 Å². The molecular weight excluding hydrogens is 239 g/mol. The summed E-state index contributed by atoms with van der Waals surface area (Å²) in [6, 6.07) is 4.28. The van der Waals surface area contributed by atoms with Crippen molar-refractivity contribution in [3.05, 3.63) is 35.1 Å². The second-order valence-electron chi connectivity index (χ2n) is 3.79. The molecule has 0 fully saturated rings. The van der Waals surface area contributed by atoms with Crippen molar-refractivity contribution in [1.29, 1.82) is 0 Å². The molecule has 0 heterocycles. The molecule has 1 aromatic rings. The van der Waals surface area contributed by atoms with Crippen molar-refractivity contribution in [1.82, 2.24) is 5.32 Å². The number of carbonyl (C=O) groups is 1. The second kappa shape index (κ2) is 6.30. The molecule has 0 spiro atoms. The Bertz CT molecular complexity index is 435. The van der Waals surface area contributed by atoms with Crippen molar-refractivity contribution in [2.75, 3.05) is 6.54 Å². The summed E-state index contributed by atoms with van der Waals surface area (Å²) in [5, 5.41) is 2.72. The number of rotatable bonds is 5. The number of hydrogen-bond acceptors (Lipinski definition) is 2. The third-order valence-corrected chi connectivity index (χ3v) is 2.51. The van der Waals surface area contributed by atoms with Crippen LogP contribution in [-0.2, 0) is 0 Å². The number of halogens is 1. The summed E-state index contributed by atoms with van der Waals surface area (Å²) < 4.78 is 13.0. The van der Waals surface area contributed by atoms with Crippen molar-refractivity contribution in [3.63, 3.8) is 0 Å². The van der Waals surface area contributed by atoms with Gasteiger partial charge in [-0.15, -0.1) is 0 Å². The average Bonchev–Trinajstić information content (AvgIpc) is 2.27. The van der Waals surface area contributed by atoms with E-state index in [1.54, 1.807) is 6.92 Å². The van der Waals surface area contributed by atoms with Crippen LogP contribution >= 0.6 is 12.2 Å². The second-order valence-corrected chi connectivity index (χ2v) is 4.31. The molecule has 1 aromatic carbocycles. The lowest BCUT2D eigenvalue weighted by molar-refractivity contribution is 0.0953. The van der Waals surface area contributed by atoms with Crippen LogP contribution < -0.4 is 11.1 Å². The number of nitrogens with two attached hydrogens (primary N) is 1. The molecule has 0 aliphatic rings. The molecule has 17 heavy (non-hydrogen) atoms. The Hall–Kier alpha value is -1.49. The van der Waals surface area contributed by atoms with Crippen LogP contribution in [0.15, 0.2) is 18.2 Å². The molecule has 0 atom stereocenters. The van der Waals surface area contributed by atoms with Gasteiger partial charge in [0.1, 0.15) is 5.82 Å². The number of nitrogens with one attached hydrogen (secondary N) is 1. The summed E-state index contributed by atoms with van der Waals surface area (Å²) in [5.41, 5.74) is 6.25. The first-order chi connectivity index (χ1) is 8.00. The summed E-state index contributed by atoms with van der Waals surface area (Å²) >= 11 is 4.72. The van der Waals surface area contributed by atoms with Crippen LogP contribution in [0.25, 0.3) is 0 Å². The number of hydrogen-bond donors (Lipinski definition) is 2. The Morgan fingerprint density at radius 3 is 2.82 bits per heavy atom. The molecule has 0 bridgehead atoms. The number of benzene rings is 1. The van der Waals surface area contributed by atoms with Crippen LogP contribution in [0.1, 0.15) is 28.8 Å². The highest BCUT2D eigenvalue weighted by Crippen LogP contribution is 2.08. The zero-order chi connectivity index (χ0) is 12.8. The van der Waals surface area contributed by atoms with Crippen LogP contribution in [0.3, 0.4) is 0 Å². The van der Waals surface area contributed by atoms with Gasteiger partial charge in [0.25, 0.3) is 5.91 Å². The molecule has 5 heteroatoms. The van der Waals surface area contributed by atoms with Gasteiger partial charge in [0.15, 0.2) is 0 Å². The molecular formula is C12H15FN2OS. The number of thiocarbonyl (C=S) groups is 1. The molecule has 1 rings (SSSR count). The Balaban J connectivity index is 2.47. The summed E-state index contributed by atoms with van der Waals surface area (Å²) in [4.78, 5) is 12.1. The van der Waals surface area contributed by atoms with Gasteiger partial charge in [0.05, 0.1) is 4.99 Å². The predicted molar refractivity (Wildman–Crippen MR) is 69.5 cm³/mol. The van der Waals surface area contributed by atoms with E-state index in [0.717, 1.165) is 0 Å². The molecule has 0 saturated carbocycles. The Kier molecular flexibility index (Phi) is 5.03. The predicted octanol–water partition coefficient (Wildman–Crippen LogP) is 1.93. The minimum Gasteiger partial charge on any atom is -0.393 e. The van der Waals surface area contributed by atoms with Gasteiger partial charge in [-0.1, -0.05) is 12.2 Å². The van der Waals surface area contributed by atoms with E-state index in [4.69, 9.17) is 18.0 Å². The molecule has 3 N–H and O–H groups in total. The van der Waals surface area contributed by atoms with E-state index in [0.29, 0.717) is 35.5 Å². The minimum absolute atomic E-state index is 0.212. The maximum Gasteiger partial charge on any atom is 0.251 e. The lowest BCUT2D eigenvalue weighted by Gasteiger charge is -2.05. The van der Waals surface area contributed by atoms with Crippen molar-refractivity contribution in [2.45, 2.75) is 19.8 Å². The zero-order valence-electron chi connectivity index (χ0n) is 9.63. The zero-order valence-corrected chi connectivity index (χ0v) is 10.4. The molecule has 0 aromatic heterocycles. The molecule has 0 unspecified atom stereocenters. The summed E-state index contributed by atoms with van der Waals surface area (Å²) in [7, 11) is 0. The lowest BCUT2D eigenvalue weighted by atomic mass is 10.1. The van der Waals surface area contributed by atoms with Crippen LogP contribution in [0.2, 0.25) is 0 Å². The SMILES string of the molecule is Cc1cc(C(=O)NCCCC(N)=S)ccc1F. The molecule has 0 radical (unpaired) electrons. The fourth-order valence-corrected chi connectivity index (χ4v) is 1.50. The van der Waals surface area contributed by atoms with Crippen LogP contribution in [-0.4, -0.2) is 17.4 Å². The molecule has 3 nitrogen and oxygen atoms in total. The van der Waals surface area contributed by atoms with E-state index in [-0.39, 0.29) is 11.7 Å².